The fraction of sp³-hybridized carbons (Fsp3) is 0.333. The van der Waals surface area contributed by atoms with Crippen molar-refractivity contribution in [2.24, 2.45) is 5.73 Å². The Hall–Kier alpha value is -1.93. The van der Waals surface area contributed by atoms with Crippen LogP contribution in [-0.4, -0.2) is 29.0 Å². The fourth-order valence-electron chi connectivity index (χ4n) is 1.64. The molecular formula is C12H13F3N4O. The zero-order valence-electron chi connectivity index (χ0n) is 10.4. The van der Waals surface area contributed by atoms with Gasteiger partial charge in [-0.05, 0) is 17.7 Å². The van der Waals surface area contributed by atoms with Crippen LogP contribution < -0.4 is 11.1 Å². The third kappa shape index (κ3) is 3.55. The molecule has 1 atom stereocenters. The number of hydrogen-bond acceptors (Lipinski definition) is 5. The Bertz CT molecular complexity index is 525. The quantitative estimate of drug-likeness (QED) is 0.875. The van der Waals surface area contributed by atoms with Crippen LogP contribution in [0.25, 0.3) is 11.5 Å². The molecule has 108 valence electrons. The van der Waals surface area contributed by atoms with Crippen molar-refractivity contribution in [1.82, 2.24) is 15.5 Å². The fourth-order valence-corrected chi connectivity index (χ4v) is 1.64. The Labute approximate surface area is 113 Å². The van der Waals surface area contributed by atoms with E-state index in [9.17, 15) is 13.2 Å². The maximum absolute atomic E-state index is 12.5. The molecule has 0 aliphatic rings. The van der Waals surface area contributed by atoms with Crippen LogP contribution in [0, 0.1) is 0 Å². The summed E-state index contributed by atoms with van der Waals surface area (Å²) in [5, 5.41) is 9.67. The molecule has 0 radical (unpaired) electrons. The molecule has 0 bridgehead atoms. The van der Waals surface area contributed by atoms with Gasteiger partial charge in [-0.1, -0.05) is 12.1 Å². The van der Waals surface area contributed by atoms with Crippen LogP contribution in [0.2, 0.25) is 0 Å². The molecule has 3 N–H and O–H groups in total. The molecule has 0 saturated carbocycles. The second kappa shape index (κ2) is 6.02. The Morgan fingerprint density at radius 2 is 1.95 bits per heavy atom. The molecule has 0 amide bonds. The summed E-state index contributed by atoms with van der Waals surface area (Å²) in [6.07, 6.45) is -3.14. The summed E-state index contributed by atoms with van der Waals surface area (Å²) in [7, 11) is 0. The first kappa shape index (κ1) is 14.5. The van der Waals surface area contributed by atoms with Gasteiger partial charge in [-0.3, -0.25) is 0 Å². The first-order valence-corrected chi connectivity index (χ1v) is 5.86. The lowest BCUT2D eigenvalue weighted by atomic mass is 10.1. The van der Waals surface area contributed by atoms with Crippen LogP contribution >= 0.6 is 0 Å². The highest BCUT2D eigenvalue weighted by atomic mass is 19.4. The van der Waals surface area contributed by atoms with Gasteiger partial charge < -0.3 is 15.5 Å². The minimum absolute atomic E-state index is 0.0749. The summed E-state index contributed by atoms with van der Waals surface area (Å²) in [6.45, 7) is -0.422. The van der Waals surface area contributed by atoms with Crippen LogP contribution in [0.4, 0.5) is 13.2 Å². The maximum Gasteiger partial charge on any atom is 0.405 e. The van der Waals surface area contributed by atoms with Crippen molar-refractivity contribution < 1.29 is 17.6 Å². The van der Waals surface area contributed by atoms with Gasteiger partial charge in [0.25, 0.3) is 0 Å². The lowest BCUT2D eigenvalue weighted by Crippen LogP contribution is -2.47. The van der Waals surface area contributed by atoms with E-state index in [0.29, 0.717) is 17.0 Å². The van der Waals surface area contributed by atoms with E-state index in [1.807, 2.05) is 0 Å². The number of nitrogens with two attached hydrogens (primary N) is 1. The molecule has 0 saturated heterocycles. The van der Waals surface area contributed by atoms with E-state index in [4.69, 9.17) is 10.2 Å². The Morgan fingerprint density at radius 3 is 2.45 bits per heavy atom. The van der Waals surface area contributed by atoms with Gasteiger partial charge in [-0.15, -0.1) is 10.2 Å². The van der Waals surface area contributed by atoms with Crippen LogP contribution in [-0.2, 0) is 6.54 Å². The Balaban J connectivity index is 1.97. The number of benzene rings is 1. The van der Waals surface area contributed by atoms with Crippen LogP contribution in [0.5, 0.6) is 0 Å². The standard InChI is InChI=1S/C12H13F3N4O/c13-12(14,15)10(5-16)17-6-8-1-3-9(4-2-8)11-19-18-7-20-11/h1-4,7,10,17H,5-6,16H2/t10-/m1/s1. The molecule has 1 aromatic heterocycles. The lowest BCUT2D eigenvalue weighted by Gasteiger charge is -2.19. The second-order valence-corrected chi connectivity index (χ2v) is 4.15. The van der Waals surface area contributed by atoms with E-state index in [2.05, 4.69) is 15.5 Å². The monoisotopic (exact) mass is 286 g/mol. The van der Waals surface area contributed by atoms with Gasteiger partial charge in [-0.2, -0.15) is 13.2 Å². The lowest BCUT2D eigenvalue weighted by molar-refractivity contribution is -0.153. The third-order valence-electron chi connectivity index (χ3n) is 2.74. The van der Waals surface area contributed by atoms with Gasteiger partial charge in [-0.25, -0.2) is 0 Å². The Kier molecular flexibility index (Phi) is 4.35. The predicted molar refractivity (Wildman–Crippen MR) is 65.5 cm³/mol. The second-order valence-electron chi connectivity index (χ2n) is 4.15. The zero-order chi connectivity index (χ0) is 14.6. The van der Waals surface area contributed by atoms with Gasteiger partial charge in [0.1, 0.15) is 6.04 Å². The molecule has 1 heterocycles. The van der Waals surface area contributed by atoms with Gasteiger partial charge in [0.15, 0.2) is 0 Å². The van der Waals surface area contributed by atoms with Crippen molar-refractivity contribution in [3.63, 3.8) is 0 Å². The van der Waals surface area contributed by atoms with Crippen LogP contribution in [0.15, 0.2) is 35.1 Å². The number of rotatable bonds is 5. The normalized spacial score (nSPS) is 13.4. The number of aromatic nitrogens is 2. The topological polar surface area (TPSA) is 77.0 Å². The molecule has 0 unspecified atom stereocenters. The van der Waals surface area contributed by atoms with Crippen molar-refractivity contribution >= 4 is 0 Å². The average Bonchev–Trinajstić information content (AvgIpc) is 2.92. The van der Waals surface area contributed by atoms with Gasteiger partial charge in [0.2, 0.25) is 12.3 Å². The van der Waals surface area contributed by atoms with E-state index in [0.717, 1.165) is 0 Å². The molecule has 2 rings (SSSR count). The van der Waals surface area contributed by atoms with Crippen molar-refractivity contribution in [2.75, 3.05) is 6.54 Å². The summed E-state index contributed by atoms with van der Waals surface area (Å²) >= 11 is 0. The molecule has 8 heteroatoms. The van der Waals surface area contributed by atoms with Crippen LogP contribution in [0.3, 0.4) is 0 Å². The third-order valence-corrected chi connectivity index (χ3v) is 2.74. The van der Waals surface area contributed by atoms with E-state index in [1.54, 1.807) is 24.3 Å². The molecule has 0 fully saturated rings. The SMILES string of the molecule is NC[C@@H](NCc1ccc(-c2nnco2)cc1)C(F)(F)F. The highest BCUT2D eigenvalue weighted by Gasteiger charge is 2.38. The molecule has 5 nitrogen and oxygen atoms in total. The number of nitrogens with one attached hydrogen (secondary N) is 1. The highest BCUT2D eigenvalue weighted by Crippen LogP contribution is 2.20. The van der Waals surface area contributed by atoms with Gasteiger partial charge >= 0.3 is 6.18 Å². The number of nitrogens with zero attached hydrogens (tertiary/aromatic N) is 2. The largest absolute Gasteiger partial charge is 0.423 e. The number of halogens is 3. The van der Waals surface area contributed by atoms with E-state index in [1.165, 1.54) is 6.39 Å². The molecule has 1 aromatic carbocycles. The minimum Gasteiger partial charge on any atom is -0.423 e. The predicted octanol–water partition coefficient (Wildman–Crippen LogP) is 1.72. The van der Waals surface area contributed by atoms with Crippen molar-refractivity contribution in [3.05, 3.63) is 36.2 Å². The van der Waals surface area contributed by atoms with Crippen molar-refractivity contribution in [2.45, 2.75) is 18.8 Å². The van der Waals surface area contributed by atoms with E-state index >= 15 is 0 Å². The highest BCUT2D eigenvalue weighted by molar-refractivity contribution is 5.52. The number of hydrogen-bond donors (Lipinski definition) is 2. The summed E-state index contributed by atoms with van der Waals surface area (Å²) in [6, 6.07) is 5.08. The van der Waals surface area contributed by atoms with E-state index < -0.39 is 18.8 Å². The summed E-state index contributed by atoms with van der Waals surface area (Å²) in [5.74, 6) is 0.361. The first-order chi connectivity index (χ1) is 9.50. The van der Waals surface area contributed by atoms with Gasteiger partial charge in [0.05, 0.1) is 0 Å². The maximum atomic E-state index is 12.5. The summed E-state index contributed by atoms with van der Waals surface area (Å²) in [4.78, 5) is 0. The van der Waals surface area contributed by atoms with Crippen LogP contribution in [0.1, 0.15) is 5.56 Å². The smallest absolute Gasteiger partial charge is 0.405 e. The number of alkyl halides is 3. The zero-order valence-corrected chi connectivity index (χ0v) is 10.4. The van der Waals surface area contributed by atoms with Gasteiger partial charge in [0, 0.05) is 18.7 Å². The molecule has 0 aliphatic heterocycles. The summed E-state index contributed by atoms with van der Waals surface area (Å²) in [5.41, 5.74) is 6.51. The molecule has 0 spiro atoms. The summed E-state index contributed by atoms with van der Waals surface area (Å²) < 4.78 is 42.5. The molecule has 0 aliphatic carbocycles. The van der Waals surface area contributed by atoms with Crippen molar-refractivity contribution in [1.29, 1.82) is 0 Å². The van der Waals surface area contributed by atoms with E-state index in [-0.39, 0.29) is 6.54 Å². The average molecular weight is 286 g/mol. The minimum atomic E-state index is -4.35. The molecular weight excluding hydrogens is 273 g/mol. The Morgan fingerprint density at radius 1 is 1.25 bits per heavy atom. The molecule has 2 aromatic rings. The van der Waals surface area contributed by atoms with Crippen molar-refractivity contribution in [3.8, 4) is 11.5 Å². The first-order valence-electron chi connectivity index (χ1n) is 5.86. The molecule has 20 heavy (non-hydrogen) atoms.